The van der Waals surface area contributed by atoms with E-state index in [1.54, 1.807) is 24.3 Å². The molecule has 2 aromatic rings. The Labute approximate surface area is 161 Å². The lowest BCUT2D eigenvalue weighted by Crippen LogP contribution is -2.18. The van der Waals surface area contributed by atoms with Gasteiger partial charge in [-0.2, -0.15) is 5.10 Å². The smallest absolute Gasteiger partial charge is 0.341 e. The van der Waals surface area contributed by atoms with Crippen molar-refractivity contribution in [2.75, 3.05) is 27.9 Å². The van der Waals surface area contributed by atoms with E-state index in [0.717, 1.165) is 0 Å². The fourth-order valence-electron chi connectivity index (χ4n) is 2.30. The van der Waals surface area contributed by atoms with Gasteiger partial charge in [0.1, 0.15) is 5.75 Å². The van der Waals surface area contributed by atoms with Crippen LogP contribution in [0.1, 0.15) is 15.9 Å². The molecule has 148 valence electrons. The number of hydrazone groups is 1. The maximum absolute atomic E-state index is 12.4. The SMILES string of the molecule is COc1cc(C(=O)N/N=C/c2ccccc2OCC(=O)O)cc(OC)c1OC. The lowest BCUT2D eigenvalue weighted by atomic mass is 10.1. The predicted molar refractivity (Wildman–Crippen MR) is 101 cm³/mol. The first-order valence-electron chi connectivity index (χ1n) is 8.07. The number of amides is 1. The number of carbonyl (C=O) groups excluding carboxylic acids is 1. The van der Waals surface area contributed by atoms with Crippen LogP contribution in [0.5, 0.6) is 23.0 Å². The number of hydrogen-bond donors (Lipinski definition) is 2. The van der Waals surface area contributed by atoms with Gasteiger partial charge in [-0.05, 0) is 24.3 Å². The van der Waals surface area contributed by atoms with Crippen LogP contribution in [0.2, 0.25) is 0 Å². The van der Waals surface area contributed by atoms with Gasteiger partial charge in [0.15, 0.2) is 18.1 Å². The Morgan fingerprint density at radius 1 is 1.04 bits per heavy atom. The first-order chi connectivity index (χ1) is 13.5. The minimum absolute atomic E-state index is 0.252. The summed E-state index contributed by atoms with van der Waals surface area (Å²) in [6, 6.07) is 9.70. The number of carboxylic acid groups (broad SMARTS) is 1. The zero-order valence-corrected chi connectivity index (χ0v) is 15.6. The maximum atomic E-state index is 12.4. The van der Waals surface area contributed by atoms with Gasteiger partial charge in [0, 0.05) is 11.1 Å². The average molecular weight is 388 g/mol. The number of rotatable bonds is 9. The lowest BCUT2D eigenvalue weighted by molar-refractivity contribution is -0.139. The Morgan fingerprint density at radius 3 is 2.25 bits per heavy atom. The zero-order chi connectivity index (χ0) is 20.5. The van der Waals surface area contributed by atoms with Gasteiger partial charge in [-0.25, -0.2) is 10.2 Å². The van der Waals surface area contributed by atoms with Gasteiger partial charge in [-0.15, -0.1) is 0 Å². The van der Waals surface area contributed by atoms with Crippen molar-refractivity contribution in [2.45, 2.75) is 0 Å². The van der Waals surface area contributed by atoms with Crippen molar-refractivity contribution < 1.29 is 33.6 Å². The van der Waals surface area contributed by atoms with Crippen molar-refractivity contribution in [3.05, 3.63) is 47.5 Å². The second-order valence-electron chi connectivity index (χ2n) is 5.33. The molecule has 9 nitrogen and oxygen atoms in total. The predicted octanol–water partition coefficient (Wildman–Crippen LogP) is 1.94. The molecule has 2 rings (SSSR count). The van der Waals surface area contributed by atoms with Gasteiger partial charge >= 0.3 is 5.97 Å². The first-order valence-corrected chi connectivity index (χ1v) is 8.07. The second-order valence-corrected chi connectivity index (χ2v) is 5.33. The second kappa shape index (κ2) is 9.81. The van der Waals surface area contributed by atoms with E-state index in [-0.39, 0.29) is 5.56 Å². The minimum atomic E-state index is -1.09. The summed E-state index contributed by atoms with van der Waals surface area (Å²) in [6.45, 7) is -0.483. The monoisotopic (exact) mass is 388 g/mol. The summed E-state index contributed by atoms with van der Waals surface area (Å²) in [5, 5.41) is 12.6. The van der Waals surface area contributed by atoms with E-state index >= 15 is 0 Å². The Bertz CT molecular complexity index is 855. The van der Waals surface area contributed by atoms with Crippen molar-refractivity contribution in [3.8, 4) is 23.0 Å². The summed E-state index contributed by atoms with van der Waals surface area (Å²) >= 11 is 0. The van der Waals surface area contributed by atoms with E-state index in [0.29, 0.717) is 28.6 Å². The quantitative estimate of drug-likeness (QED) is 0.498. The molecule has 0 aliphatic rings. The zero-order valence-electron chi connectivity index (χ0n) is 15.6. The molecular weight excluding hydrogens is 368 g/mol. The van der Waals surface area contributed by atoms with E-state index in [4.69, 9.17) is 24.1 Å². The summed E-state index contributed by atoms with van der Waals surface area (Å²) in [4.78, 5) is 23.0. The average Bonchev–Trinajstić information content (AvgIpc) is 2.71. The molecular formula is C19H20N2O7. The van der Waals surface area contributed by atoms with Crippen LogP contribution in [-0.2, 0) is 4.79 Å². The number of para-hydroxylation sites is 1. The van der Waals surface area contributed by atoms with Crippen molar-refractivity contribution in [1.82, 2.24) is 5.43 Å². The van der Waals surface area contributed by atoms with Crippen LogP contribution in [0.4, 0.5) is 0 Å². The number of carboxylic acids is 1. The summed E-state index contributed by atoms with van der Waals surface area (Å²) in [5.41, 5.74) is 3.15. The highest BCUT2D eigenvalue weighted by atomic mass is 16.5. The molecule has 0 spiro atoms. The number of carbonyl (C=O) groups is 2. The van der Waals surface area contributed by atoms with Gasteiger partial charge in [0.2, 0.25) is 5.75 Å². The molecule has 9 heteroatoms. The van der Waals surface area contributed by atoms with E-state index in [2.05, 4.69) is 10.5 Å². The molecule has 0 atom stereocenters. The Hall–Kier alpha value is -3.75. The molecule has 2 N–H and O–H groups in total. The highest BCUT2D eigenvalue weighted by molar-refractivity contribution is 5.96. The van der Waals surface area contributed by atoms with Crippen molar-refractivity contribution in [1.29, 1.82) is 0 Å². The van der Waals surface area contributed by atoms with Crippen LogP contribution in [0.15, 0.2) is 41.5 Å². The van der Waals surface area contributed by atoms with Crippen molar-refractivity contribution >= 4 is 18.1 Å². The van der Waals surface area contributed by atoms with Crippen LogP contribution in [-0.4, -0.2) is 51.1 Å². The maximum Gasteiger partial charge on any atom is 0.341 e. The standard InChI is InChI=1S/C19H20N2O7/c1-25-15-8-13(9-16(26-2)18(15)27-3)19(24)21-20-10-12-6-4-5-7-14(12)28-11-17(22)23/h4-10H,11H2,1-3H3,(H,21,24)(H,22,23)/b20-10+. The van der Waals surface area contributed by atoms with E-state index < -0.39 is 18.5 Å². The third-order valence-electron chi connectivity index (χ3n) is 3.57. The van der Waals surface area contributed by atoms with Crippen molar-refractivity contribution in [2.24, 2.45) is 5.10 Å². The highest BCUT2D eigenvalue weighted by Crippen LogP contribution is 2.38. The van der Waals surface area contributed by atoms with Gasteiger partial charge < -0.3 is 24.1 Å². The van der Waals surface area contributed by atoms with E-state index in [1.807, 2.05) is 0 Å². The molecule has 0 unspecified atom stereocenters. The molecule has 0 radical (unpaired) electrons. The molecule has 28 heavy (non-hydrogen) atoms. The lowest BCUT2D eigenvalue weighted by Gasteiger charge is -2.13. The van der Waals surface area contributed by atoms with Gasteiger partial charge in [-0.1, -0.05) is 12.1 Å². The Kier molecular flexibility index (Phi) is 7.21. The summed E-state index contributed by atoms with van der Waals surface area (Å²) in [6.07, 6.45) is 1.35. The highest BCUT2D eigenvalue weighted by Gasteiger charge is 2.16. The number of nitrogens with one attached hydrogen (secondary N) is 1. The number of ether oxygens (including phenoxy) is 4. The number of aliphatic carboxylic acids is 1. The molecule has 0 bridgehead atoms. The molecule has 0 saturated carbocycles. The van der Waals surface area contributed by atoms with Gasteiger partial charge in [0.25, 0.3) is 5.91 Å². The van der Waals surface area contributed by atoms with E-state index in [9.17, 15) is 9.59 Å². The Balaban J connectivity index is 2.15. The molecule has 0 heterocycles. The number of nitrogens with zero attached hydrogens (tertiary/aromatic N) is 1. The topological polar surface area (TPSA) is 116 Å². The van der Waals surface area contributed by atoms with Crippen LogP contribution >= 0.6 is 0 Å². The van der Waals surface area contributed by atoms with E-state index in [1.165, 1.54) is 39.7 Å². The third-order valence-corrected chi connectivity index (χ3v) is 3.57. The molecule has 0 fully saturated rings. The minimum Gasteiger partial charge on any atom is -0.493 e. The number of hydrogen-bond acceptors (Lipinski definition) is 7. The molecule has 2 aromatic carbocycles. The van der Waals surface area contributed by atoms with Crippen LogP contribution < -0.4 is 24.4 Å². The summed E-state index contributed by atoms with van der Waals surface area (Å²) in [7, 11) is 4.37. The Morgan fingerprint density at radius 2 is 1.68 bits per heavy atom. The van der Waals surface area contributed by atoms with Crippen LogP contribution in [0.3, 0.4) is 0 Å². The first kappa shape index (κ1) is 20.6. The molecule has 0 aromatic heterocycles. The fourth-order valence-corrected chi connectivity index (χ4v) is 2.30. The van der Waals surface area contributed by atoms with Crippen LogP contribution in [0.25, 0.3) is 0 Å². The third kappa shape index (κ3) is 5.13. The van der Waals surface area contributed by atoms with Gasteiger partial charge in [-0.3, -0.25) is 4.79 Å². The normalized spacial score (nSPS) is 10.4. The summed E-state index contributed by atoms with van der Waals surface area (Å²) < 4.78 is 20.8. The van der Waals surface area contributed by atoms with Crippen molar-refractivity contribution in [3.63, 3.8) is 0 Å². The van der Waals surface area contributed by atoms with Crippen LogP contribution in [0, 0.1) is 0 Å². The number of methoxy groups -OCH3 is 3. The molecule has 1 amide bonds. The summed E-state index contributed by atoms with van der Waals surface area (Å²) in [5.74, 6) is -0.223. The molecule has 0 saturated heterocycles. The fraction of sp³-hybridized carbons (Fsp3) is 0.211. The molecule has 0 aliphatic heterocycles. The number of benzene rings is 2. The molecule has 0 aliphatic carbocycles. The van der Waals surface area contributed by atoms with Gasteiger partial charge in [0.05, 0.1) is 27.5 Å². The largest absolute Gasteiger partial charge is 0.493 e.